The molecule has 0 amide bonds. The van der Waals surface area contributed by atoms with E-state index in [1.54, 1.807) is 6.07 Å². The van der Waals surface area contributed by atoms with Crippen LogP contribution >= 0.6 is 15.9 Å². The van der Waals surface area contributed by atoms with Crippen LogP contribution < -0.4 is 10.5 Å². The highest BCUT2D eigenvalue weighted by Gasteiger charge is 2.19. The molecule has 0 saturated heterocycles. The van der Waals surface area contributed by atoms with Crippen LogP contribution in [0.3, 0.4) is 0 Å². The summed E-state index contributed by atoms with van der Waals surface area (Å²) in [5.41, 5.74) is 5.80. The topological polar surface area (TPSA) is 85.1 Å². The standard InChI is InChI=1S/C12H11BrFN3O2S/c13-9-5-11(12(15)16-7-9)20(18,19)17-6-8-3-1-2-4-10(8)14/h1-5,7,17H,6H2,(H2,15,16). The quantitative estimate of drug-likeness (QED) is 0.874. The van der Waals surface area contributed by atoms with Gasteiger partial charge in [-0.3, -0.25) is 0 Å². The van der Waals surface area contributed by atoms with Crippen LogP contribution in [0.15, 0.2) is 45.9 Å². The highest BCUT2D eigenvalue weighted by molar-refractivity contribution is 9.10. The van der Waals surface area contributed by atoms with Crippen molar-refractivity contribution in [1.82, 2.24) is 9.71 Å². The number of anilines is 1. The summed E-state index contributed by atoms with van der Waals surface area (Å²) in [4.78, 5) is 3.61. The summed E-state index contributed by atoms with van der Waals surface area (Å²) in [6.07, 6.45) is 1.39. The van der Waals surface area contributed by atoms with Gasteiger partial charge in [-0.2, -0.15) is 0 Å². The number of nitrogens with two attached hydrogens (primary N) is 1. The lowest BCUT2D eigenvalue weighted by Gasteiger charge is -2.09. The zero-order valence-corrected chi connectivity index (χ0v) is 12.6. The third kappa shape index (κ3) is 3.33. The molecule has 0 fully saturated rings. The molecule has 2 aromatic rings. The molecule has 1 aromatic carbocycles. The predicted octanol–water partition coefficient (Wildman–Crippen LogP) is 2.04. The number of nitrogen functional groups attached to an aromatic ring is 1. The second-order valence-corrected chi connectivity index (χ2v) is 6.60. The van der Waals surface area contributed by atoms with Gasteiger partial charge in [-0.05, 0) is 28.1 Å². The monoisotopic (exact) mass is 359 g/mol. The summed E-state index contributed by atoms with van der Waals surface area (Å²) in [7, 11) is -3.86. The van der Waals surface area contributed by atoms with E-state index in [4.69, 9.17) is 5.73 Å². The maximum absolute atomic E-state index is 13.4. The van der Waals surface area contributed by atoms with E-state index >= 15 is 0 Å². The SMILES string of the molecule is Nc1ncc(Br)cc1S(=O)(=O)NCc1ccccc1F. The van der Waals surface area contributed by atoms with E-state index in [0.29, 0.717) is 4.47 Å². The fourth-order valence-electron chi connectivity index (χ4n) is 1.54. The van der Waals surface area contributed by atoms with Gasteiger partial charge >= 0.3 is 0 Å². The van der Waals surface area contributed by atoms with Crippen LogP contribution in [0.25, 0.3) is 0 Å². The number of nitrogens with one attached hydrogen (secondary N) is 1. The van der Waals surface area contributed by atoms with Gasteiger partial charge in [-0.1, -0.05) is 18.2 Å². The number of benzene rings is 1. The molecular formula is C12H11BrFN3O2S. The number of sulfonamides is 1. The van der Waals surface area contributed by atoms with Crippen molar-refractivity contribution >= 4 is 31.8 Å². The summed E-state index contributed by atoms with van der Waals surface area (Å²) in [6, 6.07) is 7.26. The van der Waals surface area contributed by atoms with Crippen molar-refractivity contribution in [2.75, 3.05) is 5.73 Å². The van der Waals surface area contributed by atoms with Crippen LogP contribution in [0.4, 0.5) is 10.2 Å². The second kappa shape index (κ2) is 5.86. The first kappa shape index (κ1) is 14.9. The van der Waals surface area contributed by atoms with Gasteiger partial charge in [0.05, 0.1) is 0 Å². The average molecular weight is 360 g/mol. The normalized spacial score (nSPS) is 11.5. The third-order valence-corrected chi connectivity index (χ3v) is 4.41. The number of pyridine rings is 1. The minimum Gasteiger partial charge on any atom is -0.383 e. The second-order valence-electron chi connectivity index (χ2n) is 3.95. The van der Waals surface area contributed by atoms with Gasteiger partial charge in [0.25, 0.3) is 0 Å². The van der Waals surface area contributed by atoms with Crippen molar-refractivity contribution in [2.24, 2.45) is 0 Å². The minimum absolute atomic E-state index is 0.116. The molecule has 5 nitrogen and oxygen atoms in total. The lowest BCUT2D eigenvalue weighted by Crippen LogP contribution is -2.25. The van der Waals surface area contributed by atoms with Gasteiger partial charge in [-0.15, -0.1) is 0 Å². The summed E-state index contributed by atoms with van der Waals surface area (Å²) in [6.45, 7) is -0.166. The first-order valence-corrected chi connectivity index (χ1v) is 7.82. The smallest absolute Gasteiger partial charge is 0.244 e. The summed E-state index contributed by atoms with van der Waals surface area (Å²) in [5.74, 6) is -0.593. The van der Waals surface area contributed by atoms with Crippen molar-refractivity contribution < 1.29 is 12.8 Å². The van der Waals surface area contributed by atoms with E-state index in [1.807, 2.05) is 0 Å². The number of hydrogen-bond donors (Lipinski definition) is 2. The van der Waals surface area contributed by atoms with Crippen molar-refractivity contribution in [1.29, 1.82) is 0 Å². The Hall–Kier alpha value is -1.51. The molecule has 1 heterocycles. The molecule has 0 saturated carbocycles. The Morgan fingerprint density at radius 3 is 2.75 bits per heavy atom. The number of aromatic nitrogens is 1. The Labute approximate surface area is 124 Å². The Bertz CT molecular complexity index is 737. The van der Waals surface area contributed by atoms with Crippen LogP contribution in [0.2, 0.25) is 0 Å². The molecule has 0 atom stereocenters. The molecule has 20 heavy (non-hydrogen) atoms. The van der Waals surface area contributed by atoms with E-state index in [0.717, 1.165) is 0 Å². The van der Waals surface area contributed by atoms with Gasteiger partial charge in [0.2, 0.25) is 10.0 Å². The lowest BCUT2D eigenvalue weighted by atomic mass is 10.2. The summed E-state index contributed by atoms with van der Waals surface area (Å²) in [5, 5.41) is 0. The molecule has 0 unspecified atom stereocenters. The Balaban J connectivity index is 2.24. The summed E-state index contributed by atoms with van der Waals surface area (Å²) < 4.78 is 40.4. The maximum Gasteiger partial charge on any atom is 0.244 e. The van der Waals surface area contributed by atoms with Crippen molar-refractivity contribution in [2.45, 2.75) is 11.4 Å². The van der Waals surface area contributed by atoms with Crippen molar-refractivity contribution in [3.8, 4) is 0 Å². The molecule has 0 aliphatic carbocycles. The number of halogens is 2. The number of rotatable bonds is 4. The predicted molar refractivity (Wildman–Crippen MR) is 76.8 cm³/mol. The zero-order chi connectivity index (χ0) is 14.8. The van der Waals surface area contributed by atoms with Gasteiger partial charge in [0.15, 0.2) is 0 Å². The number of hydrogen-bond acceptors (Lipinski definition) is 4. The Morgan fingerprint density at radius 2 is 2.05 bits per heavy atom. The molecule has 0 bridgehead atoms. The zero-order valence-electron chi connectivity index (χ0n) is 10.2. The molecular weight excluding hydrogens is 349 g/mol. The maximum atomic E-state index is 13.4. The fraction of sp³-hybridized carbons (Fsp3) is 0.0833. The van der Waals surface area contributed by atoms with Crippen LogP contribution in [-0.4, -0.2) is 13.4 Å². The van der Waals surface area contributed by atoms with Crippen LogP contribution in [0.1, 0.15) is 5.56 Å². The van der Waals surface area contributed by atoms with Gasteiger partial charge in [0.1, 0.15) is 16.5 Å². The van der Waals surface area contributed by atoms with Gasteiger partial charge < -0.3 is 5.73 Å². The van der Waals surface area contributed by atoms with E-state index in [9.17, 15) is 12.8 Å². The lowest BCUT2D eigenvalue weighted by molar-refractivity contribution is 0.574. The number of nitrogens with zero attached hydrogens (tertiary/aromatic N) is 1. The van der Waals surface area contributed by atoms with Gasteiger partial charge in [-0.25, -0.2) is 22.5 Å². The largest absolute Gasteiger partial charge is 0.383 e. The van der Waals surface area contributed by atoms with E-state index in [-0.39, 0.29) is 22.8 Å². The first-order valence-electron chi connectivity index (χ1n) is 5.54. The van der Waals surface area contributed by atoms with E-state index in [1.165, 1.54) is 30.5 Å². The minimum atomic E-state index is -3.86. The van der Waals surface area contributed by atoms with Crippen LogP contribution in [0, 0.1) is 5.82 Å². The molecule has 8 heteroatoms. The fourth-order valence-corrected chi connectivity index (χ4v) is 3.13. The van der Waals surface area contributed by atoms with Crippen LogP contribution in [0.5, 0.6) is 0 Å². The van der Waals surface area contributed by atoms with Crippen molar-refractivity contribution in [3.05, 3.63) is 52.4 Å². The molecule has 106 valence electrons. The molecule has 0 aliphatic rings. The van der Waals surface area contributed by atoms with Crippen molar-refractivity contribution in [3.63, 3.8) is 0 Å². The van der Waals surface area contributed by atoms with Gasteiger partial charge in [0, 0.05) is 22.8 Å². The molecule has 0 spiro atoms. The molecule has 0 aliphatic heterocycles. The molecule has 2 rings (SSSR count). The van der Waals surface area contributed by atoms with Crippen LogP contribution in [-0.2, 0) is 16.6 Å². The average Bonchev–Trinajstić information content (AvgIpc) is 2.40. The summed E-state index contributed by atoms with van der Waals surface area (Å²) >= 11 is 3.13. The molecule has 3 N–H and O–H groups in total. The first-order chi connectivity index (χ1) is 9.40. The third-order valence-electron chi connectivity index (χ3n) is 2.55. The van der Waals surface area contributed by atoms with E-state index in [2.05, 4.69) is 25.6 Å². The Morgan fingerprint density at radius 1 is 1.35 bits per heavy atom. The van der Waals surface area contributed by atoms with E-state index < -0.39 is 15.8 Å². The Kier molecular flexibility index (Phi) is 4.36. The highest BCUT2D eigenvalue weighted by atomic mass is 79.9. The molecule has 0 radical (unpaired) electrons. The highest BCUT2D eigenvalue weighted by Crippen LogP contribution is 2.20. The molecule has 1 aromatic heterocycles.